The molecule has 1 aromatic heterocycles. The topological polar surface area (TPSA) is 64.1 Å². The van der Waals surface area contributed by atoms with Gasteiger partial charge in [0.05, 0.1) is 16.7 Å². The molecule has 0 unspecified atom stereocenters. The van der Waals surface area contributed by atoms with Gasteiger partial charge in [0, 0.05) is 29.4 Å². The van der Waals surface area contributed by atoms with Crippen molar-refractivity contribution in [2.24, 2.45) is 0 Å². The highest BCUT2D eigenvalue weighted by atomic mass is 19.4. The van der Waals surface area contributed by atoms with E-state index in [-0.39, 0.29) is 0 Å². The first-order valence-corrected chi connectivity index (χ1v) is 8.20. The lowest BCUT2D eigenvalue weighted by atomic mass is 10.0. The molecule has 138 valence electrons. The van der Waals surface area contributed by atoms with Crippen LogP contribution < -0.4 is 5.73 Å². The van der Waals surface area contributed by atoms with Crippen molar-refractivity contribution in [3.05, 3.63) is 48.2 Å². The fourth-order valence-electron chi connectivity index (χ4n) is 2.73. The predicted octanol–water partition coefficient (Wildman–Crippen LogP) is 4.47. The van der Waals surface area contributed by atoms with Crippen molar-refractivity contribution < 1.29 is 18.3 Å². The van der Waals surface area contributed by atoms with E-state index in [1.165, 1.54) is 12.1 Å². The molecule has 7 heteroatoms. The molecule has 0 spiro atoms. The first-order chi connectivity index (χ1) is 12.0. The van der Waals surface area contributed by atoms with Crippen molar-refractivity contribution in [2.45, 2.75) is 38.6 Å². The molecular formula is C19H20F3N3O. The Hall–Kier alpha value is -2.54. The highest BCUT2D eigenvalue weighted by Gasteiger charge is 2.30. The number of hydrogen-bond donors (Lipinski definition) is 2. The zero-order valence-corrected chi connectivity index (χ0v) is 14.5. The number of rotatable bonds is 4. The van der Waals surface area contributed by atoms with Gasteiger partial charge in [-0.05, 0) is 50.1 Å². The summed E-state index contributed by atoms with van der Waals surface area (Å²) in [7, 11) is 0. The van der Waals surface area contributed by atoms with Gasteiger partial charge in [0.1, 0.15) is 0 Å². The van der Waals surface area contributed by atoms with Gasteiger partial charge in [0.25, 0.3) is 0 Å². The lowest BCUT2D eigenvalue weighted by molar-refractivity contribution is -0.137. The summed E-state index contributed by atoms with van der Waals surface area (Å²) < 4.78 is 39.9. The molecule has 26 heavy (non-hydrogen) atoms. The number of aryl methyl sites for hydroxylation is 1. The molecule has 3 aromatic rings. The molecule has 0 fully saturated rings. The Kier molecular flexibility index (Phi) is 4.44. The Labute approximate surface area is 149 Å². The number of nitrogens with zero attached hydrogens (tertiary/aromatic N) is 2. The van der Waals surface area contributed by atoms with Gasteiger partial charge in [-0.1, -0.05) is 12.1 Å². The van der Waals surface area contributed by atoms with Crippen molar-refractivity contribution in [1.29, 1.82) is 0 Å². The van der Waals surface area contributed by atoms with Gasteiger partial charge in [-0.15, -0.1) is 0 Å². The van der Waals surface area contributed by atoms with Gasteiger partial charge in [-0.25, -0.2) is 0 Å². The quantitative estimate of drug-likeness (QED) is 0.673. The van der Waals surface area contributed by atoms with E-state index in [1.807, 2.05) is 6.20 Å². The number of nitrogens with two attached hydrogens (primary N) is 1. The fraction of sp³-hybridized carbons (Fsp3) is 0.316. The number of aliphatic hydroxyl groups is 1. The van der Waals surface area contributed by atoms with Crippen LogP contribution in [0.1, 0.15) is 25.8 Å². The van der Waals surface area contributed by atoms with Crippen LogP contribution in [0.4, 0.5) is 18.9 Å². The van der Waals surface area contributed by atoms with Crippen molar-refractivity contribution >= 4 is 16.6 Å². The van der Waals surface area contributed by atoms with Crippen molar-refractivity contribution in [2.75, 3.05) is 5.73 Å². The monoisotopic (exact) mass is 363 g/mol. The molecule has 0 amide bonds. The number of nitrogen functional groups attached to an aromatic ring is 1. The first kappa shape index (κ1) is 18.3. The smallest absolute Gasteiger partial charge is 0.398 e. The average Bonchev–Trinajstić information content (AvgIpc) is 2.92. The van der Waals surface area contributed by atoms with Gasteiger partial charge in [0.2, 0.25) is 0 Å². The third-order valence-electron chi connectivity index (χ3n) is 4.20. The second-order valence-electron chi connectivity index (χ2n) is 7.03. The predicted molar refractivity (Wildman–Crippen MR) is 95.5 cm³/mol. The highest BCUT2D eigenvalue weighted by Crippen LogP contribution is 2.34. The zero-order valence-electron chi connectivity index (χ0n) is 14.5. The van der Waals surface area contributed by atoms with E-state index in [9.17, 15) is 18.3 Å². The van der Waals surface area contributed by atoms with Crippen LogP contribution in [0.2, 0.25) is 0 Å². The standard InChI is InChI=1S/C19H20F3N3O/c1-18(2,26)7-8-25-11-13-9-16(23)15(10-17(13)24-25)12-3-5-14(6-4-12)19(20,21)22/h3-6,9-11,26H,7-8,23H2,1-2H3. The van der Waals surface area contributed by atoms with Crippen LogP contribution in [0.5, 0.6) is 0 Å². The Balaban J connectivity index is 1.93. The molecule has 2 aromatic carbocycles. The molecule has 3 N–H and O–H groups in total. The van der Waals surface area contributed by atoms with Crippen LogP contribution in [0.15, 0.2) is 42.6 Å². The van der Waals surface area contributed by atoms with Gasteiger partial charge in [-0.2, -0.15) is 18.3 Å². The van der Waals surface area contributed by atoms with Gasteiger partial charge in [-0.3, -0.25) is 4.68 Å². The largest absolute Gasteiger partial charge is 0.416 e. The molecule has 0 atom stereocenters. The van der Waals surface area contributed by atoms with E-state index in [1.54, 1.807) is 30.7 Å². The molecule has 0 bridgehead atoms. The maximum Gasteiger partial charge on any atom is 0.416 e. The minimum Gasteiger partial charge on any atom is -0.398 e. The summed E-state index contributed by atoms with van der Waals surface area (Å²) in [6.07, 6.45) is -1.98. The normalized spacial score (nSPS) is 12.7. The molecule has 0 aliphatic carbocycles. The maximum absolute atomic E-state index is 12.7. The molecule has 0 saturated carbocycles. The van der Waals surface area contributed by atoms with E-state index >= 15 is 0 Å². The van der Waals surface area contributed by atoms with Gasteiger partial charge in [0.15, 0.2) is 0 Å². The number of anilines is 1. The summed E-state index contributed by atoms with van der Waals surface area (Å²) in [6, 6.07) is 8.43. The molecule has 1 heterocycles. The molecule has 0 aliphatic rings. The van der Waals surface area contributed by atoms with Crippen LogP contribution in [0.25, 0.3) is 22.0 Å². The highest BCUT2D eigenvalue weighted by molar-refractivity contribution is 5.91. The van der Waals surface area contributed by atoms with Crippen LogP contribution in [-0.4, -0.2) is 20.5 Å². The minimum atomic E-state index is -4.37. The van der Waals surface area contributed by atoms with Crippen molar-refractivity contribution in [3.63, 3.8) is 0 Å². The average molecular weight is 363 g/mol. The van der Waals surface area contributed by atoms with E-state index in [0.29, 0.717) is 35.3 Å². The van der Waals surface area contributed by atoms with E-state index in [0.717, 1.165) is 17.5 Å². The summed E-state index contributed by atoms with van der Waals surface area (Å²) in [5.74, 6) is 0. The summed E-state index contributed by atoms with van der Waals surface area (Å²) >= 11 is 0. The molecule has 0 radical (unpaired) electrons. The second kappa shape index (κ2) is 6.32. The summed E-state index contributed by atoms with van der Waals surface area (Å²) in [4.78, 5) is 0. The van der Waals surface area contributed by atoms with Crippen LogP contribution in [-0.2, 0) is 12.7 Å². The number of aromatic nitrogens is 2. The Morgan fingerprint density at radius 3 is 2.35 bits per heavy atom. The third kappa shape index (κ3) is 3.99. The van der Waals surface area contributed by atoms with Crippen LogP contribution in [0.3, 0.4) is 0 Å². The van der Waals surface area contributed by atoms with E-state index in [2.05, 4.69) is 5.10 Å². The zero-order chi connectivity index (χ0) is 19.1. The number of alkyl halides is 3. The lowest BCUT2D eigenvalue weighted by Gasteiger charge is -2.16. The van der Waals surface area contributed by atoms with E-state index in [4.69, 9.17) is 5.73 Å². The lowest BCUT2D eigenvalue weighted by Crippen LogP contribution is -2.21. The number of halogens is 3. The van der Waals surface area contributed by atoms with Gasteiger partial charge >= 0.3 is 6.18 Å². The molecular weight excluding hydrogens is 343 g/mol. The van der Waals surface area contributed by atoms with Crippen LogP contribution >= 0.6 is 0 Å². The minimum absolute atomic E-state index is 0.472. The Bertz CT molecular complexity index is 922. The van der Waals surface area contributed by atoms with Crippen molar-refractivity contribution in [3.8, 4) is 11.1 Å². The maximum atomic E-state index is 12.7. The second-order valence-corrected chi connectivity index (χ2v) is 7.03. The molecule has 4 nitrogen and oxygen atoms in total. The van der Waals surface area contributed by atoms with Crippen molar-refractivity contribution in [1.82, 2.24) is 9.78 Å². The Morgan fingerprint density at radius 2 is 1.77 bits per heavy atom. The molecule has 0 saturated heterocycles. The summed E-state index contributed by atoms with van der Waals surface area (Å²) in [5, 5.41) is 15.1. The van der Waals surface area contributed by atoms with Crippen LogP contribution in [0, 0.1) is 0 Å². The first-order valence-electron chi connectivity index (χ1n) is 8.20. The fourth-order valence-corrected chi connectivity index (χ4v) is 2.73. The molecule has 0 aliphatic heterocycles. The Morgan fingerprint density at radius 1 is 1.12 bits per heavy atom. The summed E-state index contributed by atoms with van der Waals surface area (Å²) in [6.45, 7) is 4.02. The summed E-state index contributed by atoms with van der Waals surface area (Å²) in [5.41, 5.74) is 7.02. The van der Waals surface area contributed by atoms with Gasteiger partial charge < -0.3 is 10.8 Å². The third-order valence-corrected chi connectivity index (χ3v) is 4.20. The molecule has 3 rings (SSSR count). The number of hydrogen-bond acceptors (Lipinski definition) is 3. The number of benzene rings is 2. The SMILES string of the molecule is CC(C)(O)CCn1cc2cc(N)c(-c3ccc(C(F)(F)F)cc3)cc2n1. The van der Waals surface area contributed by atoms with E-state index < -0.39 is 17.3 Å². The number of fused-ring (bicyclic) bond motifs is 1.